The molecule has 1 rings (SSSR count). The van der Waals surface area contributed by atoms with Crippen molar-refractivity contribution in [3.05, 3.63) is 35.4 Å². The van der Waals surface area contributed by atoms with Crippen LogP contribution in [-0.2, 0) is 6.42 Å². The number of nitrogens with zero attached hydrogens (tertiary/aromatic N) is 1. The molecule has 3 N–H and O–H groups in total. The largest absolute Gasteiger partial charge is 0.411 e. The molecule has 3 nitrogen and oxygen atoms in total. The average molecular weight is 180 g/mol. The zero-order chi connectivity index (χ0) is 10.1. The number of benzene rings is 1. The smallest absolute Gasteiger partial charge is 0.0736 e. The first kappa shape index (κ1) is 11.6. The highest BCUT2D eigenvalue weighted by atomic mass is 16.4. The minimum Gasteiger partial charge on any atom is -0.411 e. The Balaban J connectivity index is 0.000000671. The highest BCUT2D eigenvalue weighted by molar-refractivity contribution is 5.81. The summed E-state index contributed by atoms with van der Waals surface area (Å²) in [6.07, 6.45) is 2.42. The molecule has 0 aromatic heterocycles. The Morgan fingerprint density at radius 3 is 2.54 bits per heavy atom. The highest BCUT2D eigenvalue weighted by Crippen LogP contribution is 2.05. The minimum absolute atomic E-state index is 0.961. The summed E-state index contributed by atoms with van der Waals surface area (Å²) in [5, 5.41) is 11.3. The molecule has 1 aromatic carbocycles. The van der Waals surface area contributed by atoms with Gasteiger partial charge < -0.3 is 10.9 Å². The molecule has 0 fully saturated rings. The van der Waals surface area contributed by atoms with Gasteiger partial charge in [0.25, 0.3) is 0 Å². The van der Waals surface area contributed by atoms with Crippen LogP contribution < -0.4 is 5.73 Å². The van der Waals surface area contributed by atoms with Gasteiger partial charge in [-0.15, -0.1) is 0 Å². The van der Waals surface area contributed by atoms with Crippen molar-refractivity contribution in [3.8, 4) is 0 Å². The number of hydrogen-bond acceptors (Lipinski definition) is 3. The quantitative estimate of drug-likeness (QED) is 0.413. The number of rotatable bonds is 2. The van der Waals surface area contributed by atoms with E-state index >= 15 is 0 Å². The van der Waals surface area contributed by atoms with E-state index in [2.05, 4.69) is 17.8 Å². The molecule has 0 saturated heterocycles. The highest BCUT2D eigenvalue weighted by Gasteiger charge is 1.94. The van der Waals surface area contributed by atoms with E-state index in [1.807, 2.05) is 24.3 Å². The van der Waals surface area contributed by atoms with Crippen molar-refractivity contribution in [2.24, 2.45) is 10.9 Å². The van der Waals surface area contributed by atoms with Gasteiger partial charge in [0, 0.05) is 0 Å². The molecule has 0 saturated carbocycles. The lowest BCUT2D eigenvalue weighted by Gasteiger charge is -1.99. The summed E-state index contributed by atoms with van der Waals surface area (Å²) in [7, 11) is 1.50. The van der Waals surface area contributed by atoms with E-state index in [-0.39, 0.29) is 0 Å². The zero-order valence-corrected chi connectivity index (χ0v) is 8.07. The average Bonchev–Trinajstić information content (AvgIpc) is 2.22. The number of hydrogen-bond donors (Lipinski definition) is 2. The molecule has 0 atom stereocenters. The Morgan fingerprint density at radius 2 is 2.00 bits per heavy atom. The maximum Gasteiger partial charge on any atom is 0.0736 e. The molecule has 0 amide bonds. The van der Waals surface area contributed by atoms with Crippen molar-refractivity contribution in [2.45, 2.75) is 13.3 Å². The third-order valence-corrected chi connectivity index (χ3v) is 1.63. The first-order valence-corrected chi connectivity index (χ1v) is 4.21. The number of nitrogens with two attached hydrogens (primary N) is 1. The summed E-state index contributed by atoms with van der Waals surface area (Å²) in [6, 6.07) is 7.86. The Kier molecular flexibility index (Phi) is 6.55. The summed E-state index contributed by atoms with van der Waals surface area (Å²) in [5.41, 5.74) is 6.68. The van der Waals surface area contributed by atoms with Crippen molar-refractivity contribution in [1.82, 2.24) is 0 Å². The second-order valence-electron chi connectivity index (χ2n) is 2.30. The van der Waals surface area contributed by atoms with Gasteiger partial charge in [-0.1, -0.05) is 36.3 Å². The molecule has 1 aromatic rings. The van der Waals surface area contributed by atoms with Crippen LogP contribution in [0.3, 0.4) is 0 Å². The van der Waals surface area contributed by atoms with Gasteiger partial charge in [0.05, 0.1) is 6.21 Å². The lowest BCUT2D eigenvalue weighted by molar-refractivity contribution is 0.322. The van der Waals surface area contributed by atoms with Gasteiger partial charge >= 0.3 is 0 Å². The first-order valence-electron chi connectivity index (χ1n) is 4.21. The molecular formula is C10H16N2O. The summed E-state index contributed by atoms with van der Waals surface area (Å²) in [5.74, 6) is 0. The summed E-state index contributed by atoms with van der Waals surface area (Å²) >= 11 is 0. The Bertz CT molecular complexity index is 259. The van der Waals surface area contributed by atoms with Crippen LogP contribution in [0.25, 0.3) is 0 Å². The molecule has 0 heterocycles. The molecule has 0 aliphatic carbocycles. The molecule has 0 bridgehead atoms. The van der Waals surface area contributed by atoms with Gasteiger partial charge in [-0.3, -0.25) is 0 Å². The van der Waals surface area contributed by atoms with Gasteiger partial charge in [0.15, 0.2) is 0 Å². The van der Waals surface area contributed by atoms with Gasteiger partial charge in [0.2, 0.25) is 0 Å². The minimum atomic E-state index is 0.961. The van der Waals surface area contributed by atoms with Crippen molar-refractivity contribution in [3.63, 3.8) is 0 Å². The van der Waals surface area contributed by atoms with Crippen LogP contribution in [-0.4, -0.2) is 18.5 Å². The second kappa shape index (κ2) is 7.31. The standard InChI is InChI=1S/C9H11NO.CH5N/c1-2-8-5-3-4-6-9(8)7-10-11;1-2/h3-7,11H,2H2,1H3;2H2,1H3. The van der Waals surface area contributed by atoms with Crippen molar-refractivity contribution >= 4 is 6.21 Å². The molecule has 72 valence electrons. The second-order valence-corrected chi connectivity index (χ2v) is 2.30. The SMILES string of the molecule is CCc1ccccc1C=NO.CN. The number of oxime groups is 1. The fourth-order valence-electron chi connectivity index (χ4n) is 1.04. The molecule has 0 spiro atoms. The predicted molar refractivity (Wildman–Crippen MR) is 55.3 cm³/mol. The fourth-order valence-corrected chi connectivity index (χ4v) is 1.04. The van der Waals surface area contributed by atoms with Crippen LogP contribution in [0.1, 0.15) is 18.1 Å². The lowest BCUT2D eigenvalue weighted by Crippen LogP contribution is -1.89. The van der Waals surface area contributed by atoms with E-state index in [0.717, 1.165) is 12.0 Å². The van der Waals surface area contributed by atoms with E-state index in [9.17, 15) is 0 Å². The molecule has 0 aliphatic rings. The maximum absolute atomic E-state index is 8.31. The maximum atomic E-state index is 8.31. The van der Waals surface area contributed by atoms with E-state index in [0.29, 0.717) is 0 Å². The zero-order valence-electron chi connectivity index (χ0n) is 8.07. The van der Waals surface area contributed by atoms with E-state index in [4.69, 9.17) is 5.21 Å². The Morgan fingerprint density at radius 1 is 1.38 bits per heavy atom. The van der Waals surface area contributed by atoms with Gasteiger partial charge in [-0.05, 0) is 24.6 Å². The van der Waals surface area contributed by atoms with Crippen LogP contribution in [0.2, 0.25) is 0 Å². The van der Waals surface area contributed by atoms with Crippen LogP contribution in [0, 0.1) is 0 Å². The first-order chi connectivity index (χ1) is 6.38. The topological polar surface area (TPSA) is 58.6 Å². The van der Waals surface area contributed by atoms with E-state index in [1.165, 1.54) is 18.8 Å². The molecule has 0 unspecified atom stereocenters. The lowest BCUT2D eigenvalue weighted by atomic mass is 10.1. The molecular weight excluding hydrogens is 164 g/mol. The third kappa shape index (κ3) is 3.71. The van der Waals surface area contributed by atoms with Crippen LogP contribution in [0.15, 0.2) is 29.4 Å². The monoisotopic (exact) mass is 180 g/mol. The van der Waals surface area contributed by atoms with E-state index < -0.39 is 0 Å². The van der Waals surface area contributed by atoms with Crippen LogP contribution >= 0.6 is 0 Å². The van der Waals surface area contributed by atoms with Gasteiger partial charge in [-0.2, -0.15) is 0 Å². The fraction of sp³-hybridized carbons (Fsp3) is 0.300. The molecule has 0 aliphatic heterocycles. The summed E-state index contributed by atoms with van der Waals surface area (Å²) < 4.78 is 0. The van der Waals surface area contributed by atoms with E-state index in [1.54, 1.807) is 0 Å². The normalized spacial score (nSPS) is 9.46. The van der Waals surface area contributed by atoms with Crippen molar-refractivity contribution < 1.29 is 5.21 Å². The summed E-state index contributed by atoms with van der Waals surface area (Å²) in [4.78, 5) is 0. The van der Waals surface area contributed by atoms with Crippen molar-refractivity contribution in [1.29, 1.82) is 0 Å². The van der Waals surface area contributed by atoms with Gasteiger partial charge in [-0.25, -0.2) is 0 Å². The number of aryl methyl sites for hydroxylation is 1. The summed E-state index contributed by atoms with van der Waals surface area (Å²) in [6.45, 7) is 2.07. The van der Waals surface area contributed by atoms with Crippen molar-refractivity contribution in [2.75, 3.05) is 7.05 Å². The molecule has 0 radical (unpaired) electrons. The third-order valence-electron chi connectivity index (χ3n) is 1.63. The van der Waals surface area contributed by atoms with Crippen LogP contribution in [0.5, 0.6) is 0 Å². The van der Waals surface area contributed by atoms with Crippen LogP contribution in [0.4, 0.5) is 0 Å². The molecule has 3 heteroatoms. The predicted octanol–water partition coefficient (Wildman–Crippen LogP) is 1.63. The molecule has 13 heavy (non-hydrogen) atoms. The Hall–Kier alpha value is -1.35. The van der Waals surface area contributed by atoms with Gasteiger partial charge in [0.1, 0.15) is 0 Å². The Labute approximate surface area is 78.9 Å².